The summed E-state index contributed by atoms with van der Waals surface area (Å²) in [4.78, 5) is 26.2. The number of carbonyl (C=O) groups excluding carboxylic acids is 1. The van der Waals surface area contributed by atoms with Gasteiger partial charge in [-0.05, 0) is 29.8 Å². The van der Waals surface area contributed by atoms with Gasteiger partial charge in [-0.3, -0.25) is 10.1 Å². The topological polar surface area (TPSA) is 86.7 Å². The molecule has 2 aromatic heterocycles. The Balaban J connectivity index is 1.61. The number of fused-ring (bicyclic) bond motifs is 1. The van der Waals surface area contributed by atoms with Gasteiger partial charge in [-0.2, -0.15) is 0 Å². The molecule has 26 heavy (non-hydrogen) atoms. The Labute approximate surface area is 157 Å². The van der Waals surface area contributed by atoms with Gasteiger partial charge in [0.1, 0.15) is 6.61 Å². The maximum Gasteiger partial charge on any atom is 0.331 e. The van der Waals surface area contributed by atoms with E-state index in [1.807, 2.05) is 0 Å². The fourth-order valence-corrected chi connectivity index (χ4v) is 2.74. The number of hydrogen-bond donors (Lipinski definition) is 0. The second-order valence-corrected chi connectivity index (χ2v) is 6.10. The van der Waals surface area contributed by atoms with E-state index in [0.29, 0.717) is 26.9 Å². The van der Waals surface area contributed by atoms with Crippen LogP contribution in [-0.2, 0) is 16.1 Å². The molecule has 9 heteroatoms. The molecular weight excluding hydrogens is 381 g/mol. The van der Waals surface area contributed by atoms with Gasteiger partial charge >= 0.3 is 5.97 Å². The van der Waals surface area contributed by atoms with Crippen LogP contribution in [-0.4, -0.2) is 20.3 Å². The standard InChI is InChI=1S/C17H11Cl2N3O4/c18-12-7-15(19)17-20-13(9-21(17)8-12)10-26-16(23)6-3-11-1-4-14(5-2-11)22(24)25/h1-9H,10H2. The molecule has 0 radical (unpaired) electrons. The molecule has 0 atom stereocenters. The molecular formula is C17H11Cl2N3O4. The largest absolute Gasteiger partial charge is 0.456 e. The summed E-state index contributed by atoms with van der Waals surface area (Å²) < 4.78 is 6.78. The summed E-state index contributed by atoms with van der Waals surface area (Å²) in [5.74, 6) is -0.565. The van der Waals surface area contributed by atoms with Crippen LogP contribution in [0.1, 0.15) is 11.3 Å². The maximum absolute atomic E-state index is 11.8. The number of halogens is 2. The fraction of sp³-hybridized carbons (Fsp3) is 0.0588. The number of hydrogen-bond acceptors (Lipinski definition) is 5. The number of aromatic nitrogens is 2. The lowest BCUT2D eigenvalue weighted by atomic mass is 10.2. The van der Waals surface area contributed by atoms with Crippen molar-refractivity contribution in [3.8, 4) is 0 Å². The molecule has 0 aliphatic heterocycles. The molecule has 3 rings (SSSR count). The van der Waals surface area contributed by atoms with Crippen LogP contribution in [0.5, 0.6) is 0 Å². The molecule has 0 saturated heterocycles. The van der Waals surface area contributed by atoms with E-state index in [1.165, 1.54) is 36.4 Å². The first-order chi connectivity index (χ1) is 12.4. The Morgan fingerprint density at radius 1 is 1.27 bits per heavy atom. The van der Waals surface area contributed by atoms with Crippen LogP contribution >= 0.6 is 23.2 Å². The predicted octanol–water partition coefficient (Wildman–Crippen LogP) is 4.31. The zero-order valence-electron chi connectivity index (χ0n) is 13.1. The van der Waals surface area contributed by atoms with Crippen molar-refractivity contribution >= 4 is 46.6 Å². The summed E-state index contributed by atoms with van der Waals surface area (Å²) >= 11 is 12.0. The highest BCUT2D eigenvalue weighted by Gasteiger charge is 2.08. The number of imidazole rings is 1. The highest BCUT2D eigenvalue weighted by Crippen LogP contribution is 2.22. The average Bonchev–Trinajstić information content (AvgIpc) is 3.01. The normalized spacial score (nSPS) is 11.2. The van der Waals surface area contributed by atoms with E-state index in [1.54, 1.807) is 22.9 Å². The second kappa shape index (κ2) is 7.55. The van der Waals surface area contributed by atoms with Gasteiger partial charge in [-0.25, -0.2) is 9.78 Å². The number of rotatable bonds is 5. The van der Waals surface area contributed by atoms with Crippen molar-refractivity contribution in [2.45, 2.75) is 6.61 Å². The Morgan fingerprint density at radius 2 is 2.00 bits per heavy atom. The first-order valence-corrected chi connectivity index (χ1v) is 8.10. The van der Waals surface area contributed by atoms with Gasteiger partial charge in [0.05, 0.1) is 20.7 Å². The van der Waals surface area contributed by atoms with Crippen molar-refractivity contribution in [2.24, 2.45) is 0 Å². The van der Waals surface area contributed by atoms with Gasteiger partial charge in [-0.15, -0.1) is 0 Å². The zero-order chi connectivity index (χ0) is 18.7. The molecule has 0 unspecified atom stereocenters. The third-order valence-electron chi connectivity index (χ3n) is 3.40. The molecule has 0 fully saturated rings. The Kier molecular flexibility index (Phi) is 5.20. The molecule has 1 aromatic carbocycles. The number of pyridine rings is 1. The minimum atomic E-state index is -0.565. The SMILES string of the molecule is O=C(C=Cc1ccc([N+](=O)[O-])cc1)OCc1cn2cc(Cl)cc(Cl)c2n1. The van der Waals surface area contributed by atoms with Crippen molar-refractivity contribution in [3.63, 3.8) is 0 Å². The van der Waals surface area contributed by atoms with Crippen LogP contribution in [0.25, 0.3) is 11.7 Å². The summed E-state index contributed by atoms with van der Waals surface area (Å²) in [6.45, 7) is -0.0287. The van der Waals surface area contributed by atoms with Crippen molar-refractivity contribution in [3.05, 3.63) is 80.2 Å². The number of nitrogens with zero attached hydrogens (tertiary/aromatic N) is 3. The minimum Gasteiger partial charge on any atom is -0.456 e. The van der Waals surface area contributed by atoms with E-state index in [0.717, 1.165) is 0 Å². The average molecular weight is 392 g/mol. The number of nitro benzene ring substituents is 1. The van der Waals surface area contributed by atoms with Gasteiger partial charge < -0.3 is 9.14 Å². The molecule has 0 bridgehead atoms. The smallest absolute Gasteiger partial charge is 0.331 e. The summed E-state index contributed by atoms with van der Waals surface area (Å²) in [5.41, 5.74) is 1.66. The monoisotopic (exact) mass is 391 g/mol. The number of esters is 1. The van der Waals surface area contributed by atoms with Crippen LogP contribution in [0.15, 0.2) is 48.8 Å². The van der Waals surface area contributed by atoms with Crippen LogP contribution < -0.4 is 0 Å². The maximum atomic E-state index is 11.8. The molecule has 0 aliphatic rings. The first kappa shape index (κ1) is 17.9. The van der Waals surface area contributed by atoms with Crippen LogP contribution in [0.3, 0.4) is 0 Å². The Bertz CT molecular complexity index is 1010. The van der Waals surface area contributed by atoms with Gasteiger partial charge in [0.15, 0.2) is 5.65 Å². The van der Waals surface area contributed by atoms with E-state index in [4.69, 9.17) is 27.9 Å². The van der Waals surface area contributed by atoms with Gasteiger partial charge in [0.2, 0.25) is 0 Å². The van der Waals surface area contributed by atoms with E-state index in [-0.39, 0.29) is 12.3 Å². The van der Waals surface area contributed by atoms with Crippen molar-refractivity contribution in [1.82, 2.24) is 9.38 Å². The van der Waals surface area contributed by atoms with Crippen LogP contribution in [0, 0.1) is 10.1 Å². The van der Waals surface area contributed by atoms with Gasteiger partial charge in [0, 0.05) is 30.6 Å². The van der Waals surface area contributed by atoms with Crippen molar-refractivity contribution < 1.29 is 14.5 Å². The summed E-state index contributed by atoms with van der Waals surface area (Å²) in [7, 11) is 0. The molecule has 0 N–H and O–H groups in total. The number of nitro groups is 1. The van der Waals surface area contributed by atoms with Gasteiger partial charge in [-0.1, -0.05) is 23.2 Å². The van der Waals surface area contributed by atoms with Gasteiger partial charge in [0.25, 0.3) is 5.69 Å². The molecule has 0 saturated carbocycles. The third-order valence-corrected chi connectivity index (χ3v) is 3.89. The second-order valence-electron chi connectivity index (χ2n) is 5.26. The number of benzene rings is 1. The highest BCUT2D eigenvalue weighted by molar-refractivity contribution is 6.36. The molecule has 7 nitrogen and oxygen atoms in total. The Morgan fingerprint density at radius 3 is 2.69 bits per heavy atom. The molecule has 0 amide bonds. The van der Waals surface area contributed by atoms with Crippen LogP contribution in [0.2, 0.25) is 10.0 Å². The van der Waals surface area contributed by atoms with E-state index in [2.05, 4.69) is 4.98 Å². The lowest BCUT2D eigenvalue weighted by Crippen LogP contribution is -2.00. The molecule has 0 spiro atoms. The summed E-state index contributed by atoms with van der Waals surface area (Å²) in [6, 6.07) is 7.37. The first-order valence-electron chi connectivity index (χ1n) is 7.34. The lowest BCUT2D eigenvalue weighted by molar-refractivity contribution is -0.384. The quantitative estimate of drug-likeness (QED) is 0.280. The number of ether oxygens (including phenoxy) is 1. The minimum absolute atomic E-state index is 0.0182. The zero-order valence-corrected chi connectivity index (χ0v) is 14.6. The van der Waals surface area contributed by atoms with E-state index >= 15 is 0 Å². The third kappa shape index (κ3) is 4.19. The molecule has 132 valence electrons. The summed E-state index contributed by atoms with van der Waals surface area (Å²) in [5, 5.41) is 11.5. The van der Waals surface area contributed by atoms with E-state index in [9.17, 15) is 14.9 Å². The Hall–Kier alpha value is -2.90. The number of non-ortho nitro benzene ring substituents is 1. The van der Waals surface area contributed by atoms with Crippen LogP contribution in [0.4, 0.5) is 5.69 Å². The van der Waals surface area contributed by atoms with Crippen molar-refractivity contribution in [1.29, 1.82) is 0 Å². The lowest BCUT2D eigenvalue weighted by Gasteiger charge is -1.98. The molecule has 0 aliphatic carbocycles. The fourth-order valence-electron chi connectivity index (χ4n) is 2.21. The number of carbonyl (C=O) groups is 1. The highest BCUT2D eigenvalue weighted by atomic mass is 35.5. The molecule has 2 heterocycles. The van der Waals surface area contributed by atoms with E-state index < -0.39 is 10.9 Å². The molecule has 3 aromatic rings. The predicted molar refractivity (Wildman–Crippen MR) is 97.1 cm³/mol. The van der Waals surface area contributed by atoms with Crippen molar-refractivity contribution in [2.75, 3.05) is 0 Å². The summed E-state index contributed by atoms with van der Waals surface area (Å²) in [6.07, 6.45) is 6.06.